The van der Waals surface area contributed by atoms with Crippen LogP contribution >= 0.6 is 0 Å². The standard InChI is InChI=1S/C13H19FN2O3/c1-13(8-17,9-18)7-16(2)12(19)15-11-5-3-10(14)4-6-11/h3-6,17-18H,7-9H2,1-2H3,(H,15,19). The Morgan fingerprint density at radius 2 is 1.84 bits per heavy atom. The molecule has 0 aliphatic carbocycles. The molecule has 1 aromatic carbocycles. The molecular weight excluding hydrogens is 251 g/mol. The van der Waals surface area contributed by atoms with Gasteiger partial charge in [0.25, 0.3) is 0 Å². The van der Waals surface area contributed by atoms with E-state index in [1.165, 1.54) is 29.2 Å². The summed E-state index contributed by atoms with van der Waals surface area (Å²) in [7, 11) is 1.56. The van der Waals surface area contributed by atoms with Crippen LogP contribution in [0.4, 0.5) is 14.9 Å². The van der Waals surface area contributed by atoms with E-state index in [4.69, 9.17) is 0 Å². The number of urea groups is 1. The number of nitrogens with zero attached hydrogens (tertiary/aromatic N) is 1. The zero-order valence-corrected chi connectivity index (χ0v) is 11.1. The minimum absolute atomic E-state index is 0.201. The van der Waals surface area contributed by atoms with Gasteiger partial charge in [-0.3, -0.25) is 0 Å². The number of halogens is 1. The molecule has 0 aromatic heterocycles. The lowest BCUT2D eigenvalue weighted by atomic mass is 9.92. The van der Waals surface area contributed by atoms with Crippen molar-refractivity contribution in [3.63, 3.8) is 0 Å². The van der Waals surface area contributed by atoms with Crippen LogP contribution in [0.5, 0.6) is 0 Å². The lowest BCUT2D eigenvalue weighted by Crippen LogP contribution is -2.43. The van der Waals surface area contributed by atoms with Crippen molar-refractivity contribution in [3.8, 4) is 0 Å². The lowest BCUT2D eigenvalue weighted by molar-refractivity contribution is 0.0509. The normalized spacial score (nSPS) is 11.2. The van der Waals surface area contributed by atoms with Crippen molar-refractivity contribution in [2.75, 3.05) is 32.1 Å². The van der Waals surface area contributed by atoms with E-state index in [1.807, 2.05) is 0 Å². The molecule has 6 heteroatoms. The Balaban J connectivity index is 2.60. The second-order valence-electron chi connectivity index (χ2n) is 4.92. The Bertz CT molecular complexity index is 418. The number of aliphatic hydroxyl groups excluding tert-OH is 2. The highest BCUT2D eigenvalue weighted by atomic mass is 19.1. The number of hydrogen-bond acceptors (Lipinski definition) is 3. The smallest absolute Gasteiger partial charge is 0.321 e. The molecule has 0 atom stereocenters. The second kappa shape index (κ2) is 6.49. The first-order chi connectivity index (χ1) is 8.90. The quantitative estimate of drug-likeness (QED) is 0.754. The molecule has 3 N–H and O–H groups in total. The topological polar surface area (TPSA) is 72.8 Å². The Morgan fingerprint density at radius 1 is 1.32 bits per heavy atom. The first-order valence-electron chi connectivity index (χ1n) is 5.89. The molecule has 1 rings (SSSR count). The van der Waals surface area contributed by atoms with E-state index in [0.29, 0.717) is 5.69 Å². The van der Waals surface area contributed by atoms with Crippen LogP contribution in [0.15, 0.2) is 24.3 Å². The van der Waals surface area contributed by atoms with E-state index >= 15 is 0 Å². The number of benzene rings is 1. The third-order valence-electron chi connectivity index (χ3n) is 2.82. The minimum Gasteiger partial charge on any atom is -0.396 e. The summed E-state index contributed by atoms with van der Waals surface area (Å²) in [6, 6.07) is 5.03. The summed E-state index contributed by atoms with van der Waals surface area (Å²) < 4.78 is 12.7. The van der Waals surface area contributed by atoms with E-state index < -0.39 is 5.41 Å². The van der Waals surface area contributed by atoms with Crippen molar-refractivity contribution < 1.29 is 19.4 Å². The Kier molecular flexibility index (Phi) is 5.26. The molecule has 5 nitrogen and oxygen atoms in total. The van der Waals surface area contributed by atoms with Gasteiger partial charge < -0.3 is 20.4 Å². The summed E-state index contributed by atoms with van der Waals surface area (Å²) in [5, 5.41) is 20.9. The second-order valence-corrected chi connectivity index (χ2v) is 4.92. The maximum atomic E-state index is 12.7. The monoisotopic (exact) mass is 270 g/mol. The number of nitrogens with one attached hydrogen (secondary N) is 1. The highest BCUT2D eigenvalue weighted by molar-refractivity contribution is 5.89. The number of carbonyl (C=O) groups is 1. The fraction of sp³-hybridized carbons (Fsp3) is 0.462. The Hall–Kier alpha value is -1.66. The van der Waals surface area contributed by atoms with Crippen LogP contribution in [0, 0.1) is 11.2 Å². The first kappa shape index (κ1) is 15.4. The van der Waals surface area contributed by atoms with E-state index in [9.17, 15) is 19.4 Å². The number of carbonyl (C=O) groups excluding carboxylic acids is 1. The summed E-state index contributed by atoms with van der Waals surface area (Å²) >= 11 is 0. The molecule has 0 spiro atoms. The van der Waals surface area contributed by atoms with Gasteiger partial charge in [0.05, 0.1) is 13.2 Å². The van der Waals surface area contributed by atoms with Crippen molar-refractivity contribution in [3.05, 3.63) is 30.1 Å². The molecule has 0 bridgehead atoms. The molecule has 0 saturated carbocycles. The number of hydrogen-bond donors (Lipinski definition) is 3. The maximum absolute atomic E-state index is 12.7. The van der Waals surface area contributed by atoms with E-state index in [2.05, 4.69) is 5.32 Å². The maximum Gasteiger partial charge on any atom is 0.321 e. The van der Waals surface area contributed by atoms with Gasteiger partial charge in [0.1, 0.15) is 5.82 Å². The highest BCUT2D eigenvalue weighted by Gasteiger charge is 2.26. The van der Waals surface area contributed by atoms with E-state index in [1.54, 1.807) is 14.0 Å². The van der Waals surface area contributed by atoms with Gasteiger partial charge in [0.2, 0.25) is 0 Å². The van der Waals surface area contributed by atoms with Crippen LogP contribution in [0.1, 0.15) is 6.92 Å². The zero-order valence-electron chi connectivity index (χ0n) is 11.1. The fourth-order valence-corrected chi connectivity index (χ4v) is 1.55. The molecule has 0 heterocycles. The molecule has 0 saturated heterocycles. The Morgan fingerprint density at radius 3 is 2.32 bits per heavy atom. The van der Waals surface area contributed by atoms with E-state index in [0.717, 1.165) is 0 Å². The summed E-state index contributed by atoms with van der Waals surface area (Å²) in [5.41, 5.74) is -0.275. The van der Waals surface area contributed by atoms with Gasteiger partial charge in [-0.15, -0.1) is 0 Å². The number of amides is 2. The summed E-state index contributed by atoms with van der Waals surface area (Å²) in [4.78, 5) is 13.2. The fourth-order valence-electron chi connectivity index (χ4n) is 1.55. The molecule has 0 aliphatic heterocycles. The average molecular weight is 270 g/mol. The number of anilines is 1. The highest BCUT2D eigenvalue weighted by Crippen LogP contribution is 2.16. The molecule has 2 amide bonds. The first-order valence-corrected chi connectivity index (χ1v) is 5.89. The summed E-state index contributed by atoms with van der Waals surface area (Å²) in [6.45, 7) is 1.43. The molecule has 0 unspecified atom stereocenters. The van der Waals surface area contributed by atoms with Gasteiger partial charge in [0, 0.05) is 24.7 Å². The predicted octanol–water partition coefficient (Wildman–Crippen LogP) is 1.28. The van der Waals surface area contributed by atoms with Crippen molar-refractivity contribution in [1.82, 2.24) is 4.90 Å². The van der Waals surface area contributed by atoms with Crippen molar-refractivity contribution >= 4 is 11.7 Å². The molecule has 0 fully saturated rings. The van der Waals surface area contributed by atoms with Crippen LogP contribution in [-0.4, -0.2) is 48.0 Å². The van der Waals surface area contributed by atoms with Gasteiger partial charge >= 0.3 is 6.03 Å². The third kappa shape index (κ3) is 4.50. The third-order valence-corrected chi connectivity index (χ3v) is 2.82. The van der Waals surface area contributed by atoms with Gasteiger partial charge in [0.15, 0.2) is 0 Å². The van der Waals surface area contributed by atoms with Crippen molar-refractivity contribution in [1.29, 1.82) is 0 Å². The van der Waals surface area contributed by atoms with Gasteiger partial charge in [-0.2, -0.15) is 0 Å². The average Bonchev–Trinajstić information content (AvgIpc) is 2.41. The predicted molar refractivity (Wildman–Crippen MR) is 70.3 cm³/mol. The summed E-state index contributed by atoms with van der Waals surface area (Å²) in [5.74, 6) is -0.375. The van der Waals surface area contributed by atoms with Crippen molar-refractivity contribution in [2.24, 2.45) is 5.41 Å². The van der Waals surface area contributed by atoms with Crippen LogP contribution in [0.3, 0.4) is 0 Å². The van der Waals surface area contributed by atoms with Gasteiger partial charge in [-0.05, 0) is 24.3 Å². The van der Waals surface area contributed by atoms with Gasteiger partial charge in [-0.1, -0.05) is 6.92 Å². The molecular formula is C13H19FN2O3. The van der Waals surface area contributed by atoms with E-state index in [-0.39, 0.29) is 31.6 Å². The van der Waals surface area contributed by atoms with Crippen LogP contribution in [0.2, 0.25) is 0 Å². The molecule has 19 heavy (non-hydrogen) atoms. The SMILES string of the molecule is CN(CC(C)(CO)CO)C(=O)Nc1ccc(F)cc1. The molecule has 0 aliphatic rings. The summed E-state index contributed by atoms with van der Waals surface area (Å²) in [6.07, 6.45) is 0. The van der Waals surface area contributed by atoms with Crippen LogP contribution in [0.25, 0.3) is 0 Å². The van der Waals surface area contributed by atoms with Crippen LogP contribution < -0.4 is 5.32 Å². The molecule has 0 radical (unpaired) electrons. The van der Waals surface area contributed by atoms with Crippen molar-refractivity contribution in [2.45, 2.75) is 6.92 Å². The minimum atomic E-state index is -0.755. The Labute approximate surface area is 111 Å². The molecule has 106 valence electrons. The van der Waals surface area contributed by atoms with Gasteiger partial charge in [-0.25, -0.2) is 9.18 Å². The van der Waals surface area contributed by atoms with Crippen LogP contribution in [-0.2, 0) is 0 Å². The number of aliphatic hydroxyl groups is 2. The largest absolute Gasteiger partial charge is 0.396 e. The zero-order chi connectivity index (χ0) is 14.5. The molecule has 1 aromatic rings. The lowest BCUT2D eigenvalue weighted by Gasteiger charge is -2.30. The number of rotatable bonds is 5.